The smallest absolute Gasteiger partial charge is 0.106 e. The third kappa shape index (κ3) is 4.53. The van der Waals surface area contributed by atoms with Crippen molar-refractivity contribution in [2.45, 2.75) is 19.1 Å². The van der Waals surface area contributed by atoms with Gasteiger partial charge in [0, 0.05) is 0 Å². The van der Waals surface area contributed by atoms with Crippen LogP contribution in [0, 0.1) is 5.92 Å². The Bertz CT molecular complexity index is 17.6. The molecule has 0 heterocycles. The molecule has 0 N–H and O–H groups in total. The molecule has 1 radical (unpaired) electrons. The van der Waals surface area contributed by atoms with E-state index in [1.807, 2.05) is 16.3 Å². The Kier molecular flexibility index (Phi) is 3.05. The maximum absolute atomic E-state index is 2.23. The summed E-state index contributed by atoms with van der Waals surface area (Å²) in [6.07, 6.45) is 0. The van der Waals surface area contributed by atoms with E-state index in [2.05, 4.69) is 13.8 Å². The number of hydrogen-bond acceptors (Lipinski definition) is 0. The molecule has 0 unspecified atom stereocenters. The standard InChI is InChI=1S/C4H9.Al.H/c1-4(2)3;;/h4H,1H2,2-3H3;;. The molecule has 5 heavy (non-hydrogen) atoms. The van der Waals surface area contributed by atoms with Gasteiger partial charge in [0.15, 0.2) is 16.3 Å². The molecule has 1 heteroatoms. The van der Waals surface area contributed by atoms with Gasteiger partial charge >= 0.3 is 0 Å². The van der Waals surface area contributed by atoms with Gasteiger partial charge in [0.2, 0.25) is 0 Å². The van der Waals surface area contributed by atoms with Crippen molar-refractivity contribution < 1.29 is 0 Å². The summed E-state index contributed by atoms with van der Waals surface area (Å²) in [5.74, 6) is 0.897. The first-order chi connectivity index (χ1) is 2.27. The average molecular weight is 85.1 g/mol. The van der Waals surface area contributed by atoms with Crippen LogP contribution in [0.2, 0.25) is 5.28 Å². The van der Waals surface area contributed by atoms with Gasteiger partial charge in [-0.2, -0.15) is 0 Å². The van der Waals surface area contributed by atoms with E-state index in [-0.39, 0.29) is 0 Å². The molecular weight excluding hydrogens is 75.0 g/mol. The molecule has 0 aliphatic carbocycles. The molecule has 0 amide bonds. The fraction of sp³-hybridized carbons (Fsp3) is 1.00. The molecule has 0 aliphatic heterocycles. The summed E-state index contributed by atoms with van der Waals surface area (Å²) in [6, 6.07) is 0. The van der Waals surface area contributed by atoms with Gasteiger partial charge in [-0.25, -0.2) is 0 Å². The Hall–Kier alpha value is 0.532. The van der Waals surface area contributed by atoms with E-state index in [0.29, 0.717) is 0 Å². The Labute approximate surface area is 42.0 Å². The van der Waals surface area contributed by atoms with Gasteiger partial charge in [0.25, 0.3) is 0 Å². The molecule has 29 valence electrons. The van der Waals surface area contributed by atoms with Gasteiger partial charge in [0.1, 0.15) is 0 Å². The van der Waals surface area contributed by atoms with Crippen LogP contribution in [-0.2, 0) is 0 Å². The van der Waals surface area contributed by atoms with Crippen LogP contribution in [0.15, 0.2) is 0 Å². The second-order valence-electron chi connectivity index (χ2n) is 1.68. The predicted octanol–water partition coefficient (Wildman–Crippen LogP) is 0.961. The summed E-state index contributed by atoms with van der Waals surface area (Å²) in [7, 11) is 0. The average Bonchev–Trinajstić information content (AvgIpc) is 1.38. The van der Waals surface area contributed by atoms with E-state index >= 15 is 0 Å². The molecule has 0 spiro atoms. The van der Waals surface area contributed by atoms with Crippen LogP contribution in [0.1, 0.15) is 13.8 Å². The summed E-state index contributed by atoms with van der Waals surface area (Å²) in [5, 5.41) is 1.33. The highest BCUT2D eigenvalue weighted by Crippen LogP contribution is 1.92. The van der Waals surface area contributed by atoms with Gasteiger partial charge in [-0.05, 0) is 0 Å². The highest BCUT2D eigenvalue weighted by Gasteiger charge is 1.80. The van der Waals surface area contributed by atoms with Crippen LogP contribution in [0.3, 0.4) is 0 Å². The predicted molar refractivity (Wildman–Crippen MR) is 26.8 cm³/mol. The largest absolute Gasteiger partial charge is 0.173 e. The molecule has 0 fully saturated rings. The van der Waals surface area contributed by atoms with E-state index in [1.54, 1.807) is 0 Å². The summed E-state index contributed by atoms with van der Waals surface area (Å²) in [6.45, 7) is 4.46. The Balaban J connectivity index is 2.54. The monoisotopic (exact) mass is 85.1 g/mol. The van der Waals surface area contributed by atoms with E-state index < -0.39 is 0 Å². The quantitative estimate of drug-likeness (QED) is 0.416. The summed E-state index contributed by atoms with van der Waals surface area (Å²) < 4.78 is 0. The fourth-order valence-electron chi connectivity index (χ4n) is 0. The van der Waals surface area contributed by atoms with Crippen molar-refractivity contribution in [3.63, 3.8) is 0 Å². The van der Waals surface area contributed by atoms with Crippen LogP contribution in [-0.4, -0.2) is 16.3 Å². The minimum Gasteiger partial charge on any atom is -0.106 e. The zero-order chi connectivity index (χ0) is 4.28. The first kappa shape index (κ1) is 5.53. The lowest BCUT2D eigenvalue weighted by molar-refractivity contribution is 0.735. The van der Waals surface area contributed by atoms with E-state index in [9.17, 15) is 0 Å². The van der Waals surface area contributed by atoms with Gasteiger partial charge in [-0.15, -0.1) is 5.28 Å². The fourth-order valence-corrected chi connectivity index (χ4v) is 0. The zero-order valence-electron chi connectivity index (χ0n) is 3.99. The molecule has 0 aromatic heterocycles. The summed E-state index contributed by atoms with van der Waals surface area (Å²) in [4.78, 5) is 0. The minimum atomic E-state index is 0.897. The molecule has 0 bridgehead atoms. The van der Waals surface area contributed by atoms with Crippen molar-refractivity contribution >= 4 is 16.3 Å². The maximum Gasteiger partial charge on any atom is 0.173 e. The Morgan fingerprint density at radius 2 is 1.80 bits per heavy atom. The highest BCUT2D eigenvalue weighted by atomic mass is 27.0. The van der Waals surface area contributed by atoms with Crippen molar-refractivity contribution in [3.8, 4) is 0 Å². The van der Waals surface area contributed by atoms with Crippen molar-refractivity contribution in [3.05, 3.63) is 0 Å². The van der Waals surface area contributed by atoms with Crippen LogP contribution in [0.25, 0.3) is 0 Å². The van der Waals surface area contributed by atoms with Crippen LogP contribution in [0.5, 0.6) is 0 Å². The first-order valence-electron chi connectivity index (χ1n) is 2.06. The Morgan fingerprint density at radius 3 is 1.80 bits per heavy atom. The first-order valence-corrected chi connectivity index (χ1v) is 3.06. The van der Waals surface area contributed by atoms with E-state index in [4.69, 9.17) is 0 Å². The van der Waals surface area contributed by atoms with E-state index in [0.717, 1.165) is 5.92 Å². The third-order valence-corrected chi connectivity index (χ3v) is 1.73. The molecular formula is C4H10Al. The topological polar surface area (TPSA) is 0 Å². The van der Waals surface area contributed by atoms with Crippen LogP contribution >= 0.6 is 0 Å². The second-order valence-corrected chi connectivity index (χ2v) is 2.26. The maximum atomic E-state index is 2.23. The zero-order valence-corrected chi connectivity index (χ0v) is 5.41. The van der Waals surface area contributed by atoms with Gasteiger partial charge in [0.05, 0.1) is 0 Å². The number of rotatable bonds is 1. The molecule has 0 nitrogen and oxygen atoms in total. The molecule has 0 aromatic rings. The van der Waals surface area contributed by atoms with Crippen LogP contribution < -0.4 is 0 Å². The lowest BCUT2D eigenvalue weighted by atomic mass is 10.3. The third-order valence-electron chi connectivity index (χ3n) is 0.577. The van der Waals surface area contributed by atoms with Crippen LogP contribution in [0.4, 0.5) is 0 Å². The molecule has 0 aliphatic rings. The van der Waals surface area contributed by atoms with Crippen molar-refractivity contribution in [2.75, 3.05) is 0 Å². The molecule has 0 saturated heterocycles. The second kappa shape index (κ2) is 2.75. The van der Waals surface area contributed by atoms with Crippen molar-refractivity contribution in [2.24, 2.45) is 5.92 Å². The Morgan fingerprint density at radius 1 is 1.60 bits per heavy atom. The molecule has 0 atom stereocenters. The van der Waals surface area contributed by atoms with Crippen molar-refractivity contribution in [1.29, 1.82) is 0 Å². The minimum absolute atomic E-state index is 0.897. The lowest BCUT2D eigenvalue weighted by Crippen LogP contribution is -1.80. The lowest BCUT2D eigenvalue weighted by Gasteiger charge is -1.90. The molecule has 0 rings (SSSR count). The highest BCUT2D eigenvalue weighted by molar-refractivity contribution is 6.08. The van der Waals surface area contributed by atoms with E-state index in [1.165, 1.54) is 5.28 Å². The SMILES string of the molecule is CC(C)[CH2][AlH]. The van der Waals surface area contributed by atoms with Crippen molar-refractivity contribution in [1.82, 2.24) is 0 Å². The summed E-state index contributed by atoms with van der Waals surface area (Å²) in [5.41, 5.74) is 0. The molecule has 0 saturated carbocycles. The normalized spacial score (nSPS) is 9.40. The summed E-state index contributed by atoms with van der Waals surface area (Å²) >= 11 is 2.03. The van der Waals surface area contributed by atoms with Gasteiger partial charge < -0.3 is 0 Å². The van der Waals surface area contributed by atoms with Gasteiger partial charge in [-0.1, -0.05) is 19.8 Å². The number of hydrogen-bond donors (Lipinski definition) is 0. The molecule has 0 aromatic carbocycles. The van der Waals surface area contributed by atoms with Gasteiger partial charge in [-0.3, -0.25) is 0 Å².